The minimum absolute atomic E-state index is 0.271. The third-order valence-electron chi connectivity index (χ3n) is 11.0. The Bertz CT molecular complexity index is 802. The molecule has 0 aliphatic heterocycles. The van der Waals surface area contributed by atoms with E-state index < -0.39 is 0 Å². The number of rotatable bonds is 4. The number of aliphatic hydroxyl groups excluding tert-OH is 1. The Balaban J connectivity index is 1.28. The molecule has 2 heteroatoms. The van der Waals surface area contributed by atoms with E-state index in [0.717, 1.165) is 42.1 Å². The molecular formula is C29H42O2. The summed E-state index contributed by atoms with van der Waals surface area (Å²) in [4.78, 5) is 12.4. The van der Waals surface area contributed by atoms with Crippen LogP contribution in [-0.2, 0) is 4.79 Å². The van der Waals surface area contributed by atoms with Crippen molar-refractivity contribution in [2.24, 2.45) is 46.3 Å². The molecule has 4 aliphatic rings. The van der Waals surface area contributed by atoms with Gasteiger partial charge < -0.3 is 5.11 Å². The molecule has 9 atom stereocenters. The Morgan fingerprint density at radius 1 is 0.968 bits per heavy atom. The van der Waals surface area contributed by atoms with Crippen LogP contribution in [0.5, 0.6) is 0 Å². The first-order chi connectivity index (χ1) is 14.8. The summed E-state index contributed by atoms with van der Waals surface area (Å²) in [6, 6.07) is 10.2. The second-order valence-electron chi connectivity index (χ2n) is 12.2. The highest BCUT2D eigenvalue weighted by molar-refractivity contribution is 5.79. The van der Waals surface area contributed by atoms with Crippen LogP contribution in [0.2, 0.25) is 0 Å². The highest BCUT2D eigenvalue weighted by Gasteiger charge is 2.60. The Morgan fingerprint density at radius 2 is 1.68 bits per heavy atom. The predicted octanol–water partition coefficient (Wildman–Crippen LogP) is 6.97. The van der Waals surface area contributed by atoms with Crippen molar-refractivity contribution in [3.63, 3.8) is 0 Å². The minimum Gasteiger partial charge on any atom is -0.388 e. The van der Waals surface area contributed by atoms with Crippen LogP contribution in [0.1, 0.15) is 96.6 Å². The van der Waals surface area contributed by atoms with E-state index in [-0.39, 0.29) is 11.5 Å². The minimum atomic E-state index is -0.315. The fraction of sp³-hybridized carbons (Fsp3) is 0.759. The summed E-state index contributed by atoms with van der Waals surface area (Å²) >= 11 is 0. The zero-order valence-corrected chi connectivity index (χ0v) is 19.9. The monoisotopic (exact) mass is 422 g/mol. The molecule has 2 nitrogen and oxygen atoms in total. The first-order valence-electron chi connectivity index (χ1n) is 13.1. The van der Waals surface area contributed by atoms with Crippen LogP contribution in [-0.4, -0.2) is 10.9 Å². The summed E-state index contributed by atoms with van der Waals surface area (Å²) in [5.41, 5.74) is 1.83. The molecule has 0 aromatic heterocycles. The molecule has 1 N–H and O–H groups in total. The summed E-state index contributed by atoms with van der Waals surface area (Å²) in [5.74, 6) is 4.72. The summed E-state index contributed by atoms with van der Waals surface area (Å²) in [6.45, 7) is 6.93. The van der Waals surface area contributed by atoms with Crippen LogP contribution >= 0.6 is 0 Å². The Hall–Kier alpha value is -1.15. The first-order valence-corrected chi connectivity index (χ1v) is 13.1. The SMILES string of the molecule is CC(=O)[C@H]1CC[C@H]2[C@@H]3CCC4CC(C[C@H](O)c5ccccc5)CC[C@]4(C)[C@H]3CC[C@]12C. The van der Waals surface area contributed by atoms with Gasteiger partial charge in [0.25, 0.3) is 0 Å². The molecule has 1 aromatic rings. The molecular weight excluding hydrogens is 380 g/mol. The van der Waals surface area contributed by atoms with Gasteiger partial charge in [0.1, 0.15) is 5.78 Å². The van der Waals surface area contributed by atoms with Crippen molar-refractivity contribution < 1.29 is 9.90 Å². The van der Waals surface area contributed by atoms with Crippen LogP contribution in [0, 0.1) is 46.3 Å². The molecule has 0 heterocycles. The molecule has 4 aliphatic carbocycles. The van der Waals surface area contributed by atoms with Crippen molar-refractivity contribution in [1.29, 1.82) is 0 Å². The lowest BCUT2D eigenvalue weighted by molar-refractivity contribution is -0.136. The van der Waals surface area contributed by atoms with Crippen LogP contribution < -0.4 is 0 Å². The fourth-order valence-corrected chi connectivity index (χ4v) is 9.36. The lowest BCUT2D eigenvalue weighted by Gasteiger charge is -2.61. The molecule has 1 aromatic carbocycles. The number of hydrogen-bond acceptors (Lipinski definition) is 2. The van der Waals surface area contributed by atoms with Gasteiger partial charge in [-0.3, -0.25) is 4.79 Å². The van der Waals surface area contributed by atoms with Gasteiger partial charge in [-0.05, 0) is 117 Å². The van der Waals surface area contributed by atoms with Crippen LogP contribution in [0.3, 0.4) is 0 Å². The highest BCUT2D eigenvalue weighted by atomic mass is 16.3. The van der Waals surface area contributed by atoms with Gasteiger partial charge in [0.05, 0.1) is 6.10 Å². The second-order valence-corrected chi connectivity index (χ2v) is 12.2. The first kappa shape index (κ1) is 21.7. The Labute approximate surface area is 189 Å². The lowest BCUT2D eigenvalue weighted by Crippen LogP contribution is -2.53. The topological polar surface area (TPSA) is 37.3 Å². The molecule has 0 amide bonds. The normalized spacial score (nSPS) is 45.3. The van der Waals surface area contributed by atoms with Gasteiger partial charge in [0.15, 0.2) is 0 Å². The van der Waals surface area contributed by atoms with E-state index in [1.54, 1.807) is 0 Å². The number of hydrogen-bond donors (Lipinski definition) is 1. The molecule has 0 saturated heterocycles. The number of Topliss-reactive ketones (excluding diaryl/α,β-unsaturated/α-hetero) is 1. The maximum Gasteiger partial charge on any atom is 0.133 e. The average Bonchev–Trinajstić information content (AvgIpc) is 3.12. The van der Waals surface area contributed by atoms with E-state index in [0.29, 0.717) is 23.0 Å². The predicted molar refractivity (Wildman–Crippen MR) is 125 cm³/mol. The van der Waals surface area contributed by atoms with Crippen molar-refractivity contribution >= 4 is 5.78 Å². The van der Waals surface area contributed by atoms with E-state index in [4.69, 9.17) is 0 Å². The fourth-order valence-electron chi connectivity index (χ4n) is 9.36. The third-order valence-corrected chi connectivity index (χ3v) is 11.0. The number of fused-ring (bicyclic) bond motifs is 5. The van der Waals surface area contributed by atoms with Crippen molar-refractivity contribution in [3.05, 3.63) is 35.9 Å². The van der Waals surface area contributed by atoms with Gasteiger partial charge in [-0.25, -0.2) is 0 Å². The van der Waals surface area contributed by atoms with Gasteiger partial charge in [-0.15, -0.1) is 0 Å². The molecule has 2 unspecified atom stereocenters. The zero-order valence-electron chi connectivity index (χ0n) is 19.9. The lowest BCUT2D eigenvalue weighted by atomic mass is 9.44. The number of aliphatic hydroxyl groups is 1. The summed E-state index contributed by atoms with van der Waals surface area (Å²) in [7, 11) is 0. The average molecular weight is 423 g/mol. The van der Waals surface area contributed by atoms with Crippen LogP contribution in [0.25, 0.3) is 0 Å². The van der Waals surface area contributed by atoms with Gasteiger partial charge in [0.2, 0.25) is 0 Å². The molecule has 4 fully saturated rings. The van der Waals surface area contributed by atoms with Crippen molar-refractivity contribution in [3.8, 4) is 0 Å². The Morgan fingerprint density at radius 3 is 2.42 bits per heavy atom. The number of ketones is 1. The van der Waals surface area contributed by atoms with E-state index >= 15 is 0 Å². The van der Waals surface area contributed by atoms with Crippen LogP contribution in [0.15, 0.2) is 30.3 Å². The van der Waals surface area contributed by atoms with Gasteiger partial charge in [-0.2, -0.15) is 0 Å². The van der Waals surface area contributed by atoms with Crippen molar-refractivity contribution in [1.82, 2.24) is 0 Å². The van der Waals surface area contributed by atoms with Gasteiger partial charge >= 0.3 is 0 Å². The van der Waals surface area contributed by atoms with E-state index in [9.17, 15) is 9.90 Å². The molecule has 0 radical (unpaired) electrons. The van der Waals surface area contributed by atoms with Crippen molar-refractivity contribution in [2.45, 2.75) is 91.1 Å². The molecule has 0 spiro atoms. The summed E-state index contributed by atoms with van der Waals surface area (Å²) < 4.78 is 0. The number of carbonyl (C=O) groups excluding carboxylic acids is 1. The van der Waals surface area contributed by atoms with E-state index in [2.05, 4.69) is 26.0 Å². The molecule has 0 bridgehead atoms. The largest absolute Gasteiger partial charge is 0.388 e. The molecule has 170 valence electrons. The summed E-state index contributed by atoms with van der Waals surface area (Å²) in [6.07, 6.45) is 12.3. The number of benzene rings is 1. The molecule has 5 rings (SSSR count). The quantitative estimate of drug-likeness (QED) is 0.568. The Kier molecular flexibility index (Phi) is 5.60. The van der Waals surface area contributed by atoms with Crippen LogP contribution in [0.4, 0.5) is 0 Å². The highest BCUT2D eigenvalue weighted by Crippen LogP contribution is 2.68. The van der Waals surface area contributed by atoms with Gasteiger partial charge in [0, 0.05) is 5.92 Å². The second kappa shape index (κ2) is 8.01. The maximum absolute atomic E-state index is 12.4. The number of carbonyl (C=O) groups is 1. The maximum atomic E-state index is 12.4. The van der Waals surface area contributed by atoms with E-state index in [1.807, 2.05) is 25.1 Å². The molecule has 4 saturated carbocycles. The van der Waals surface area contributed by atoms with Gasteiger partial charge in [-0.1, -0.05) is 44.2 Å². The standard InChI is InChI=1S/C29H42O2/c1-19(30)24-11-12-25-23-10-9-22-17-20(18-27(31)21-7-5-4-6-8-21)13-15-28(22,2)26(23)14-16-29(24,25)3/h4-8,20,22-27,31H,9-18H2,1-3H3/t20?,22?,23-,24+,25-,26-,27-,28-,29+/m0/s1. The zero-order chi connectivity index (χ0) is 21.8. The molecule has 31 heavy (non-hydrogen) atoms. The third kappa shape index (κ3) is 3.52. The van der Waals surface area contributed by atoms with Crippen molar-refractivity contribution in [2.75, 3.05) is 0 Å². The smallest absolute Gasteiger partial charge is 0.133 e. The van der Waals surface area contributed by atoms with E-state index in [1.165, 1.54) is 51.4 Å². The summed E-state index contributed by atoms with van der Waals surface area (Å²) in [5, 5.41) is 10.8.